The minimum Gasteiger partial charge on any atom is -1.00 e. The number of rotatable bonds is 7. The van der Waals surface area contributed by atoms with Crippen LogP contribution in [0.25, 0.3) is 44.5 Å². The monoisotopic (exact) mass is 1620 g/mol. The second kappa shape index (κ2) is 49.0. The van der Waals surface area contributed by atoms with Gasteiger partial charge >= 0.3 is 103 Å². The predicted octanol–water partition coefficient (Wildman–Crippen LogP) is 4.71. The molecule has 4 aliphatic rings. The molecule has 4 heterocycles. The summed E-state index contributed by atoms with van der Waals surface area (Å²) >= 11 is 0. The molecule has 8 aromatic carbocycles. The SMILES string of the molecule is N#CC(O)[C@@H]1CCCCCOc2ccc(F)c(c2)-c2ccccc2C(=O)N1.NC(=O)C(=O)[C@@H]1CCCCCOc2ccc(F)c(c2)-c2ccccc2C(=O)N1.NC(=O)C(O)[C@@H]1CCCCCOc2ccc(F)c(c2)-c2ccccc2C(=O)N1.O=CO[O-].O=C[C@@H]1CCCCCOc2ccc(F)c(c2)-c2ccccc2C(=O)N1.[H-].[K+].[K+]. The van der Waals surface area contributed by atoms with Gasteiger partial charge in [-0.25, -0.2) is 17.6 Å². The summed E-state index contributed by atoms with van der Waals surface area (Å²) in [6, 6.07) is 43.2. The Morgan fingerprint density at radius 3 is 1.06 bits per heavy atom. The number of nitriles is 1. The summed E-state index contributed by atoms with van der Waals surface area (Å²) in [6.45, 7) is 1.74. The second-order valence-corrected chi connectivity index (χ2v) is 26.3. The van der Waals surface area contributed by atoms with Crippen molar-refractivity contribution < 1.29 is 204 Å². The molecule has 12 rings (SSSR count). The number of hydrogen-bond acceptors (Lipinski definition) is 18. The van der Waals surface area contributed by atoms with E-state index in [1.54, 1.807) is 146 Å². The van der Waals surface area contributed by atoms with Crippen LogP contribution in [-0.4, -0.2) is 127 Å². The number of amides is 6. The van der Waals surface area contributed by atoms with E-state index >= 15 is 0 Å². The Labute approximate surface area is 743 Å². The van der Waals surface area contributed by atoms with Crippen molar-refractivity contribution in [1.82, 2.24) is 21.3 Å². The number of halogens is 4. The number of aliphatic hydroxyl groups excluding tert-OH is 2. The Morgan fingerprint density at radius 1 is 0.447 bits per heavy atom. The van der Waals surface area contributed by atoms with Crippen LogP contribution in [0.3, 0.4) is 0 Å². The van der Waals surface area contributed by atoms with Gasteiger partial charge in [-0.05, 0) is 196 Å². The fourth-order valence-corrected chi connectivity index (χ4v) is 12.7. The number of aliphatic hydroxyl groups is 2. The number of nitrogens with zero attached hydrogens (tertiary/aromatic N) is 1. The van der Waals surface area contributed by atoms with Crippen LogP contribution in [0.5, 0.6) is 23.0 Å². The summed E-state index contributed by atoms with van der Waals surface area (Å²) in [6.07, 6.45) is 8.86. The predicted molar refractivity (Wildman–Crippen MR) is 404 cm³/mol. The van der Waals surface area contributed by atoms with Crippen molar-refractivity contribution in [3.63, 3.8) is 0 Å². The van der Waals surface area contributed by atoms with Crippen LogP contribution in [0, 0.1) is 34.6 Å². The molecule has 8 aromatic rings. The van der Waals surface area contributed by atoms with Gasteiger partial charge in [-0.1, -0.05) is 98.5 Å². The topological polar surface area (TPSA) is 387 Å². The Morgan fingerprint density at radius 2 is 0.746 bits per heavy atom. The van der Waals surface area contributed by atoms with E-state index in [4.69, 9.17) is 45.7 Å². The van der Waals surface area contributed by atoms with Gasteiger partial charge in [-0.2, -0.15) is 5.26 Å². The molecule has 590 valence electrons. The van der Waals surface area contributed by atoms with Crippen LogP contribution in [0.15, 0.2) is 170 Å². The molecular formula is C84H87F4K2N7O17. The molecule has 0 fully saturated rings. The Kier molecular flexibility index (Phi) is 40.3. The number of fused-ring (bicyclic) bond motifs is 16. The van der Waals surface area contributed by atoms with Gasteiger partial charge in [0.2, 0.25) is 11.7 Å². The molecular weight excluding hydrogens is 1530 g/mol. The van der Waals surface area contributed by atoms with Gasteiger partial charge in [0.25, 0.3) is 36.0 Å². The number of carbonyl (C=O) groups is 9. The number of ketones is 1. The number of benzene rings is 8. The fourth-order valence-electron chi connectivity index (χ4n) is 12.7. The molecule has 0 aromatic heterocycles. The molecule has 0 spiro atoms. The molecule has 0 saturated carbocycles. The van der Waals surface area contributed by atoms with Gasteiger partial charge < -0.3 is 78.3 Å². The van der Waals surface area contributed by atoms with Gasteiger partial charge in [0, 0.05) is 44.5 Å². The van der Waals surface area contributed by atoms with Crippen molar-refractivity contribution in [2.24, 2.45) is 11.5 Å². The van der Waals surface area contributed by atoms with Gasteiger partial charge in [0.1, 0.15) is 52.6 Å². The third-order valence-electron chi connectivity index (χ3n) is 18.5. The molecule has 114 heavy (non-hydrogen) atoms. The van der Waals surface area contributed by atoms with Crippen LogP contribution < -0.4 is 160 Å². The molecule has 10 N–H and O–H groups in total. The zero-order chi connectivity index (χ0) is 80.5. The summed E-state index contributed by atoms with van der Waals surface area (Å²) in [7, 11) is 0. The van der Waals surface area contributed by atoms with Gasteiger partial charge in [0.05, 0.1) is 56.7 Å². The smallest absolute Gasteiger partial charge is 1.00 e. The van der Waals surface area contributed by atoms with Crippen molar-refractivity contribution in [2.75, 3.05) is 26.4 Å². The van der Waals surface area contributed by atoms with Crippen molar-refractivity contribution in [1.29, 1.82) is 5.26 Å². The van der Waals surface area contributed by atoms with E-state index in [1.807, 2.05) is 0 Å². The minimum atomic E-state index is -1.50. The maximum absolute atomic E-state index is 14.5. The number of aldehydes is 1. The molecule has 8 bridgehead atoms. The molecule has 24 nitrogen and oxygen atoms in total. The standard InChI is InChI=1S/C21H23FN2O4.C21H21FN2O4.C21H21FN2O3.C20H20FNO3.CH2O3.2K.H/c2*22-17-10-9-13-12-16(17)14-6-3-4-7-15(14)21(27)24-18(19(25)20(23)26)8-2-1-5-11-28-13;22-18-10-9-14-12-17(18)15-6-3-4-7-16(15)21(26)24-19(20(25)13-23)8-2-1-5-11-27-14;21-19-10-9-15-12-18(19)16-7-3-4-8-17(16)20(24)22-14(13-23)6-2-1-5-11-25-15;2-1-4-3;;;/h3-4,6-7,9-10,12,18-19,25H,1-2,5,8,11H2,(H2,23,26)(H,24,27);3-4,6-7,9-10,12,18H,1-2,5,8,11H2,(H2,23,26)(H,24,27);3-4,6-7,9-10,12,19-20,25H,1-2,5,8,11H2,(H,24,26);3-4,7-10,12-14H,1-2,5-6,11H2,(H,22,24);1,3H;;;/q;;;;;2*+1;-1/p-1/t18-,19?;18-;19-,20?;14-;;;;/m0000..../s1. The maximum atomic E-state index is 14.5. The number of ether oxygens (including phenoxy) is 4. The minimum absolute atomic E-state index is 0. The third-order valence-corrected chi connectivity index (χ3v) is 18.5. The fraction of sp³-hybridized carbons (Fsp3) is 0.310. The molecule has 2 unspecified atom stereocenters. The van der Waals surface area contributed by atoms with Gasteiger partial charge in [-0.3, -0.25) is 38.4 Å². The van der Waals surface area contributed by atoms with Crippen LogP contribution in [0.1, 0.15) is 146 Å². The van der Waals surface area contributed by atoms with Crippen LogP contribution in [0.2, 0.25) is 0 Å². The first kappa shape index (κ1) is 93.8. The molecule has 0 saturated heterocycles. The average molecular weight is 1620 g/mol. The Bertz CT molecular complexity index is 4660. The number of primary amides is 2. The Hall–Kier alpha value is -9.05. The first-order valence-corrected chi connectivity index (χ1v) is 36.5. The number of nitrogens with one attached hydrogen (secondary N) is 4. The van der Waals surface area contributed by atoms with E-state index in [9.17, 15) is 66.1 Å². The van der Waals surface area contributed by atoms with E-state index in [0.29, 0.717) is 121 Å². The quantitative estimate of drug-likeness (QED) is 0.0204. The summed E-state index contributed by atoms with van der Waals surface area (Å²) < 4.78 is 80.7. The van der Waals surface area contributed by atoms with Crippen molar-refractivity contribution >= 4 is 54.0 Å². The van der Waals surface area contributed by atoms with Gasteiger partial charge in [0.15, 0.2) is 12.2 Å². The van der Waals surface area contributed by atoms with Crippen molar-refractivity contribution in [3.8, 4) is 73.6 Å². The first-order valence-electron chi connectivity index (χ1n) is 36.5. The van der Waals surface area contributed by atoms with Crippen LogP contribution in [-0.2, 0) is 28.9 Å². The number of Topliss-reactive ketones (excluding diaryl/α,β-unsaturated/α-hetero) is 1. The van der Waals surface area contributed by atoms with Crippen LogP contribution >= 0.6 is 0 Å². The van der Waals surface area contributed by atoms with Crippen LogP contribution in [0.4, 0.5) is 17.6 Å². The summed E-state index contributed by atoms with van der Waals surface area (Å²) in [4.78, 5) is 109. The van der Waals surface area contributed by atoms with Crippen molar-refractivity contribution in [2.45, 2.75) is 139 Å². The first-order chi connectivity index (χ1) is 54.1. The molecule has 4 aliphatic heterocycles. The summed E-state index contributed by atoms with van der Waals surface area (Å²) in [5, 5.41) is 48.3. The third kappa shape index (κ3) is 27.9. The molecule has 0 radical (unpaired) electrons. The van der Waals surface area contributed by atoms with E-state index in [-0.39, 0.29) is 156 Å². The summed E-state index contributed by atoms with van der Waals surface area (Å²) in [5.41, 5.74) is 14.1. The number of nitrogens with two attached hydrogens (primary N) is 2. The average Bonchev–Trinajstić information content (AvgIpc) is 0.816. The van der Waals surface area contributed by atoms with Gasteiger partial charge in [-0.15, -0.1) is 0 Å². The van der Waals surface area contributed by atoms with Crippen molar-refractivity contribution in [3.05, 3.63) is 215 Å². The molecule has 6 atom stereocenters. The van der Waals surface area contributed by atoms with E-state index < -0.39 is 95.0 Å². The zero-order valence-electron chi connectivity index (χ0n) is 64.1. The molecule has 0 aliphatic carbocycles. The van der Waals surface area contributed by atoms with E-state index in [1.165, 1.54) is 30.3 Å². The summed E-state index contributed by atoms with van der Waals surface area (Å²) in [5.74, 6) is -4.43. The number of hydrogen-bond donors (Lipinski definition) is 8. The second-order valence-electron chi connectivity index (χ2n) is 26.3. The zero-order valence-corrected chi connectivity index (χ0v) is 69.3. The van der Waals surface area contributed by atoms with E-state index in [0.717, 1.165) is 64.1 Å². The molecule has 30 heteroatoms. The normalized spacial score (nSPS) is 17.6. The van der Waals surface area contributed by atoms with E-state index in [2.05, 4.69) is 26.2 Å². The number of carbonyl (C=O) groups excluding carboxylic acids is 9. The largest absolute Gasteiger partial charge is 1.00 e. The maximum Gasteiger partial charge on any atom is 1.00 e. The Balaban J connectivity index is 0.000000267. The molecule has 6 amide bonds.